The summed E-state index contributed by atoms with van der Waals surface area (Å²) in [5.41, 5.74) is 0.585. The third-order valence-electron chi connectivity index (χ3n) is 3.87. The Hall–Kier alpha value is -0.0400. The van der Waals surface area contributed by atoms with Crippen molar-refractivity contribution < 1.29 is 0 Å². The lowest BCUT2D eigenvalue weighted by atomic mass is 9.64. The second-order valence-corrected chi connectivity index (χ2v) is 5.21. The second-order valence-electron chi connectivity index (χ2n) is 5.21. The van der Waals surface area contributed by atoms with E-state index in [1.165, 1.54) is 51.6 Å². The van der Waals surface area contributed by atoms with Crippen molar-refractivity contribution in [2.45, 2.75) is 59.3 Å². The van der Waals surface area contributed by atoms with Gasteiger partial charge in [-0.3, -0.25) is 0 Å². The van der Waals surface area contributed by atoms with Crippen LogP contribution in [-0.2, 0) is 0 Å². The highest BCUT2D eigenvalue weighted by atomic mass is 14.9. The van der Waals surface area contributed by atoms with Gasteiger partial charge >= 0.3 is 0 Å². The van der Waals surface area contributed by atoms with Crippen molar-refractivity contribution in [1.82, 2.24) is 5.32 Å². The molecule has 1 rings (SSSR count). The van der Waals surface area contributed by atoms with Gasteiger partial charge in [-0.25, -0.2) is 0 Å². The van der Waals surface area contributed by atoms with Gasteiger partial charge in [-0.2, -0.15) is 0 Å². The van der Waals surface area contributed by atoms with Crippen molar-refractivity contribution in [3.05, 3.63) is 0 Å². The SMILES string of the molecule is CCCNCC(C)(CCC)C1CCC1. The van der Waals surface area contributed by atoms with E-state index in [4.69, 9.17) is 0 Å². The second kappa shape index (κ2) is 5.75. The zero-order valence-corrected chi connectivity index (χ0v) is 10.2. The minimum absolute atomic E-state index is 0.585. The quantitative estimate of drug-likeness (QED) is 0.615. The summed E-state index contributed by atoms with van der Waals surface area (Å²) in [6.07, 6.45) is 8.41. The lowest BCUT2D eigenvalue weighted by Crippen LogP contribution is -2.41. The Bertz CT molecular complexity index is 151. The molecule has 0 spiro atoms. The van der Waals surface area contributed by atoms with Gasteiger partial charge in [-0.1, -0.05) is 33.6 Å². The monoisotopic (exact) mass is 197 g/mol. The predicted octanol–water partition coefficient (Wildman–Crippen LogP) is 3.59. The summed E-state index contributed by atoms with van der Waals surface area (Å²) >= 11 is 0. The van der Waals surface area contributed by atoms with Crippen molar-refractivity contribution in [2.75, 3.05) is 13.1 Å². The van der Waals surface area contributed by atoms with Crippen LogP contribution in [0.25, 0.3) is 0 Å². The fourth-order valence-electron chi connectivity index (χ4n) is 2.66. The minimum atomic E-state index is 0.585. The van der Waals surface area contributed by atoms with Crippen molar-refractivity contribution >= 4 is 0 Å². The van der Waals surface area contributed by atoms with Crippen LogP contribution >= 0.6 is 0 Å². The maximum Gasteiger partial charge on any atom is 0.000781 e. The predicted molar refractivity (Wildman–Crippen MR) is 63.5 cm³/mol. The molecule has 1 atom stereocenters. The first-order valence-electron chi connectivity index (χ1n) is 6.43. The van der Waals surface area contributed by atoms with Gasteiger partial charge in [0.05, 0.1) is 0 Å². The standard InChI is InChI=1S/C13H27N/c1-4-9-13(3,11-14-10-5-2)12-7-6-8-12/h12,14H,4-11H2,1-3H3. The van der Waals surface area contributed by atoms with E-state index in [-0.39, 0.29) is 0 Å². The lowest BCUT2D eigenvalue weighted by molar-refractivity contribution is 0.0891. The summed E-state index contributed by atoms with van der Waals surface area (Å²) in [5, 5.41) is 3.61. The largest absolute Gasteiger partial charge is 0.316 e. The van der Waals surface area contributed by atoms with Crippen molar-refractivity contribution in [2.24, 2.45) is 11.3 Å². The van der Waals surface area contributed by atoms with Gasteiger partial charge in [0, 0.05) is 6.54 Å². The molecule has 84 valence electrons. The lowest BCUT2D eigenvalue weighted by Gasteiger charge is -2.43. The normalized spacial score (nSPS) is 21.6. The van der Waals surface area contributed by atoms with Gasteiger partial charge in [0.25, 0.3) is 0 Å². The topological polar surface area (TPSA) is 12.0 Å². The van der Waals surface area contributed by atoms with E-state index in [9.17, 15) is 0 Å². The Balaban J connectivity index is 2.34. The van der Waals surface area contributed by atoms with Crippen LogP contribution < -0.4 is 5.32 Å². The van der Waals surface area contributed by atoms with Gasteiger partial charge in [-0.05, 0) is 43.6 Å². The van der Waals surface area contributed by atoms with Gasteiger partial charge in [-0.15, -0.1) is 0 Å². The summed E-state index contributed by atoms with van der Waals surface area (Å²) in [6, 6.07) is 0. The summed E-state index contributed by atoms with van der Waals surface area (Å²) < 4.78 is 0. The maximum absolute atomic E-state index is 3.61. The van der Waals surface area contributed by atoms with E-state index in [0.717, 1.165) is 5.92 Å². The Morgan fingerprint density at radius 1 is 1.21 bits per heavy atom. The van der Waals surface area contributed by atoms with Crippen LogP contribution in [0, 0.1) is 11.3 Å². The molecular formula is C13H27N. The number of hydrogen-bond donors (Lipinski definition) is 1. The molecule has 0 bridgehead atoms. The number of hydrogen-bond acceptors (Lipinski definition) is 1. The van der Waals surface area contributed by atoms with E-state index in [1.807, 2.05) is 0 Å². The third kappa shape index (κ3) is 2.98. The molecule has 1 unspecified atom stereocenters. The van der Waals surface area contributed by atoms with Gasteiger partial charge in [0.1, 0.15) is 0 Å². The molecule has 1 aliphatic carbocycles. The van der Waals surface area contributed by atoms with Crippen LogP contribution in [0.2, 0.25) is 0 Å². The summed E-state index contributed by atoms with van der Waals surface area (Å²) in [4.78, 5) is 0. The van der Waals surface area contributed by atoms with E-state index in [1.54, 1.807) is 0 Å². The molecule has 14 heavy (non-hydrogen) atoms. The average molecular weight is 197 g/mol. The van der Waals surface area contributed by atoms with E-state index < -0.39 is 0 Å². The Morgan fingerprint density at radius 3 is 2.36 bits per heavy atom. The third-order valence-corrected chi connectivity index (χ3v) is 3.87. The molecular weight excluding hydrogens is 170 g/mol. The molecule has 1 nitrogen and oxygen atoms in total. The minimum Gasteiger partial charge on any atom is -0.316 e. The van der Waals surface area contributed by atoms with E-state index in [2.05, 4.69) is 26.1 Å². The van der Waals surface area contributed by atoms with Crippen LogP contribution in [-0.4, -0.2) is 13.1 Å². The van der Waals surface area contributed by atoms with Gasteiger partial charge < -0.3 is 5.32 Å². The van der Waals surface area contributed by atoms with Crippen LogP contribution in [0.15, 0.2) is 0 Å². The molecule has 0 heterocycles. The molecule has 0 aliphatic heterocycles. The highest BCUT2D eigenvalue weighted by molar-refractivity contribution is 4.88. The van der Waals surface area contributed by atoms with Gasteiger partial charge in [0.2, 0.25) is 0 Å². The Morgan fingerprint density at radius 2 is 1.93 bits per heavy atom. The van der Waals surface area contributed by atoms with Crippen LogP contribution in [0.1, 0.15) is 59.3 Å². The summed E-state index contributed by atoms with van der Waals surface area (Å²) in [5.74, 6) is 1.01. The van der Waals surface area contributed by atoms with Crippen LogP contribution in [0.4, 0.5) is 0 Å². The molecule has 0 saturated heterocycles. The molecule has 1 fully saturated rings. The number of nitrogens with one attached hydrogen (secondary N) is 1. The molecule has 0 aromatic carbocycles. The van der Waals surface area contributed by atoms with Crippen LogP contribution in [0.5, 0.6) is 0 Å². The fraction of sp³-hybridized carbons (Fsp3) is 1.00. The molecule has 1 aliphatic rings. The highest BCUT2D eigenvalue weighted by Crippen LogP contribution is 2.44. The van der Waals surface area contributed by atoms with E-state index in [0.29, 0.717) is 5.41 Å². The summed E-state index contributed by atoms with van der Waals surface area (Å²) in [6.45, 7) is 9.47. The maximum atomic E-state index is 3.61. The Labute approximate surface area is 89.7 Å². The molecule has 0 aromatic heterocycles. The number of rotatable bonds is 7. The summed E-state index contributed by atoms with van der Waals surface area (Å²) in [7, 11) is 0. The molecule has 1 N–H and O–H groups in total. The first kappa shape index (κ1) is 12.0. The highest BCUT2D eigenvalue weighted by Gasteiger charge is 2.36. The van der Waals surface area contributed by atoms with Crippen molar-refractivity contribution in [3.63, 3.8) is 0 Å². The van der Waals surface area contributed by atoms with Crippen LogP contribution in [0.3, 0.4) is 0 Å². The van der Waals surface area contributed by atoms with Crippen molar-refractivity contribution in [1.29, 1.82) is 0 Å². The molecule has 0 radical (unpaired) electrons. The van der Waals surface area contributed by atoms with E-state index >= 15 is 0 Å². The molecule has 0 amide bonds. The molecule has 1 saturated carbocycles. The smallest absolute Gasteiger partial charge is 0.000781 e. The first-order chi connectivity index (χ1) is 6.73. The zero-order chi connectivity index (χ0) is 10.4. The zero-order valence-electron chi connectivity index (χ0n) is 10.2. The Kier molecular flexibility index (Phi) is 4.94. The molecule has 1 heteroatoms. The fourth-order valence-corrected chi connectivity index (χ4v) is 2.66. The van der Waals surface area contributed by atoms with Crippen molar-refractivity contribution in [3.8, 4) is 0 Å². The first-order valence-corrected chi connectivity index (χ1v) is 6.43. The average Bonchev–Trinajstić information content (AvgIpc) is 2.01. The molecule has 0 aromatic rings. The van der Waals surface area contributed by atoms with Gasteiger partial charge in [0.15, 0.2) is 0 Å².